The standard InChI is InChI=1S/C48H33N3O/c1-29-30(2)42(38-28-34-22-12-13-23-35(34)43(38)41(29)32-18-8-4-9-19-32)48-46(47(49-51-50-48)33-20-10-5-11-21-33)45-36(31-16-6-3-7-17-31)26-27-40-44(45)37-24-14-15-25-39(37)52-40/h3-27H,28H2,1-2H3. The van der Waals surface area contributed by atoms with Crippen molar-refractivity contribution >= 4 is 21.9 Å². The van der Waals surface area contributed by atoms with E-state index in [0.29, 0.717) is 0 Å². The summed E-state index contributed by atoms with van der Waals surface area (Å²) in [6, 6.07) is 53.2. The minimum atomic E-state index is 0.786. The first-order chi connectivity index (χ1) is 25.7. The molecular formula is C48H33N3O. The maximum Gasteiger partial charge on any atom is 0.136 e. The average molecular weight is 668 g/mol. The first-order valence-corrected chi connectivity index (χ1v) is 17.8. The Balaban J connectivity index is 1.40. The summed E-state index contributed by atoms with van der Waals surface area (Å²) >= 11 is 0. The normalized spacial score (nSPS) is 12.0. The quantitative estimate of drug-likeness (QED) is 0.183. The molecule has 0 spiro atoms. The van der Waals surface area contributed by atoms with Gasteiger partial charge < -0.3 is 4.42 Å². The third-order valence-corrected chi connectivity index (χ3v) is 10.8. The summed E-state index contributed by atoms with van der Waals surface area (Å²) in [7, 11) is 0. The molecule has 10 rings (SSSR count). The Hall–Kier alpha value is -6.65. The van der Waals surface area contributed by atoms with E-state index >= 15 is 0 Å². The Labute approximate surface area is 302 Å². The van der Waals surface area contributed by atoms with Crippen LogP contribution in [0, 0.1) is 13.8 Å². The first kappa shape index (κ1) is 30.2. The van der Waals surface area contributed by atoms with E-state index in [1.54, 1.807) is 0 Å². The number of rotatable bonds is 5. The molecule has 0 saturated heterocycles. The molecule has 0 aliphatic heterocycles. The molecule has 0 atom stereocenters. The first-order valence-electron chi connectivity index (χ1n) is 17.8. The van der Waals surface area contributed by atoms with E-state index in [0.717, 1.165) is 73.1 Å². The van der Waals surface area contributed by atoms with Crippen LogP contribution in [0.4, 0.5) is 0 Å². The van der Waals surface area contributed by atoms with Crippen LogP contribution in [-0.2, 0) is 6.42 Å². The maximum absolute atomic E-state index is 6.56. The molecule has 0 fully saturated rings. The van der Waals surface area contributed by atoms with Gasteiger partial charge in [0, 0.05) is 33.0 Å². The van der Waals surface area contributed by atoms with Crippen LogP contribution in [-0.4, -0.2) is 15.4 Å². The molecule has 7 aromatic carbocycles. The van der Waals surface area contributed by atoms with E-state index < -0.39 is 0 Å². The van der Waals surface area contributed by atoms with E-state index in [1.165, 1.54) is 44.5 Å². The Morgan fingerprint density at radius 2 is 1.06 bits per heavy atom. The van der Waals surface area contributed by atoms with Crippen molar-refractivity contribution < 1.29 is 4.42 Å². The topological polar surface area (TPSA) is 51.8 Å². The van der Waals surface area contributed by atoms with Gasteiger partial charge in [-0.3, -0.25) is 0 Å². The molecule has 246 valence electrons. The van der Waals surface area contributed by atoms with Crippen molar-refractivity contribution in [3.05, 3.63) is 174 Å². The zero-order chi connectivity index (χ0) is 34.8. The van der Waals surface area contributed by atoms with E-state index in [1.807, 2.05) is 18.2 Å². The van der Waals surface area contributed by atoms with Gasteiger partial charge in [-0.2, -0.15) is 0 Å². The zero-order valence-corrected chi connectivity index (χ0v) is 28.9. The molecule has 1 aliphatic rings. The highest BCUT2D eigenvalue weighted by molar-refractivity contribution is 6.19. The van der Waals surface area contributed by atoms with Crippen LogP contribution in [0.5, 0.6) is 0 Å². The van der Waals surface area contributed by atoms with Gasteiger partial charge in [0.25, 0.3) is 0 Å². The number of aromatic nitrogens is 3. The molecule has 2 heterocycles. The van der Waals surface area contributed by atoms with Crippen molar-refractivity contribution in [3.63, 3.8) is 0 Å². The molecule has 0 unspecified atom stereocenters. The molecule has 4 heteroatoms. The van der Waals surface area contributed by atoms with Crippen molar-refractivity contribution in [2.24, 2.45) is 0 Å². The summed E-state index contributed by atoms with van der Waals surface area (Å²) in [5, 5.41) is 16.6. The van der Waals surface area contributed by atoms with Crippen LogP contribution in [0.2, 0.25) is 0 Å². The number of hydrogen-bond donors (Lipinski definition) is 0. The van der Waals surface area contributed by atoms with Crippen molar-refractivity contribution in [3.8, 4) is 67.0 Å². The van der Waals surface area contributed by atoms with E-state index in [4.69, 9.17) is 14.6 Å². The van der Waals surface area contributed by atoms with Gasteiger partial charge in [0.15, 0.2) is 0 Å². The lowest BCUT2D eigenvalue weighted by Gasteiger charge is -2.23. The van der Waals surface area contributed by atoms with Gasteiger partial charge in [-0.1, -0.05) is 140 Å². The highest BCUT2D eigenvalue weighted by atomic mass is 16.3. The smallest absolute Gasteiger partial charge is 0.136 e. The molecule has 0 saturated carbocycles. The lowest BCUT2D eigenvalue weighted by Crippen LogP contribution is -2.06. The Morgan fingerprint density at radius 3 is 1.83 bits per heavy atom. The second kappa shape index (κ2) is 12.0. The summed E-state index contributed by atoms with van der Waals surface area (Å²) in [5.41, 5.74) is 19.6. The number of nitrogens with zero attached hydrogens (tertiary/aromatic N) is 3. The fourth-order valence-corrected chi connectivity index (χ4v) is 8.40. The van der Waals surface area contributed by atoms with Crippen molar-refractivity contribution in [1.82, 2.24) is 15.4 Å². The summed E-state index contributed by atoms with van der Waals surface area (Å²) in [5.74, 6) is 0. The summed E-state index contributed by atoms with van der Waals surface area (Å²) < 4.78 is 6.56. The summed E-state index contributed by atoms with van der Waals surface area (Å²) in [6.45, 7) is 4.51. The summed E-state index contributed by atoms with van der Waals surface area (Å²) in [4.78, 5) is 0. The Bertz CT molecular complexity index is 2820. The van der Waals surface area contributed by atoms with E-state index in [2.05, 4.69) is 153 Å². The minimum Gasteiger partial charge on any atom is -0.456 e. The minimum absolute atomic E-state index is 0.786. The van der Waals surface area contributed by atoms with Gasteiger partial charge >= 0.3 is 0 Å². The third kappa shape index (κ3) is 4.58. The highest BCUT2D eigenvalue weighted by Gasteiger charge is 2.33. The summed E-state index contributed by atoms with van der Waals surface area (Å²) in [6.07, 6.45) is 0.802. The highest BCUT2D eigenvalue weighted by Crippen LogP contribution is 2.54. The van der Waals surface area contributed by atoms with Gasteiger partial charge in [-0.15, -0.1) is 10.2 Å². The molecule has 0 radical (unpaired) electrons. The van der Waals surface area contributed by atoms with Gasteiger partial charge in [0.2, 0.25) is 0 Å². The molecule has 9 aromatic rings. The largest absolute Gasteiger partial charge is 0.456 e. The van der Waals surface area contributed by atoms with Gasteiger partial charge in [0.05, 0.1) is 0 Å². The molecule has 4 nitrogen and oxygen atoms in total. The zero-order valence-electron chi connectivity index (χ0n) is 28.9. The lowest BCUT2D eigenvalue weighted by atomic mass is 9.80. The molecule has 2 aromatic heterocycles. The second-order valence-electron chi connectivity index (χ2n) is 13.6. The van der Waals surface area contributed by atoms with Crippen molar-refractivity contribution in [2.75, 3.05) is 0 Å². The monoisotopic (exact) mass is 667 g/mol. The number of para-hydroxylation sites is 1. The third-order valence-electron chi connectivity index (χ3n) is 10.8. The van der Waals surface area contributed by atoms with E-state index in [9.17, 15) is 0 Å². The molecule has 1 aliphatic carbocycles. The maximum atomic E-state index is 6.56. The van der Waals surface area contributed by atoms with Crippen LogP contribution >= 0.6 is 0 Å². The predicted octanol–water partition coefficient (Wildman–Crippen LogP) is 12.3. The van der Waals surface area contributed by atoms with Crippen LogP contribution in [0.1, 0.15) is 22.3 Å². The van der Waals surface area contributed by atoms with Crippen LogP contribution in [0.15, 0.2) is 156 Å². The van der Waals surface area contributed by atoms with E-state index in [-0.39, 0.29) is 0 Å². The van der Waals surface area contributed by atoms with Crippen LogP contribution in [0.3, 0.4) is 0 Å². The van der Waals surface area contributed by atoms with Gasteiger partial charge in [0.1, 0.15) is 22.6 Å². The molecule has 0 N–H and O–H groups in total. The second-order valence-corrected chi connectivity index (χ2v) is 13.6. The lowest BCUT2D eigenvalue weighted by molar-refractivity contribution is 0.669. The number of hydrogen-bond acceptors (Lipinski definition) is 4. The molecule has 0 amide bonds. The van der Waals surface area contributed by atoms with Crippen molar-refractivity contribution in [1.29, 1.82) is 0 Å². The number of furan rings is 1. The molecule has 52 heavy (non-hydrogen) atoms. The Kier molecular flexibility index (Phi) is 6.97. The molecular weight excluding hydrogens is 635 g/mol. The number of fused-ring (bicyclic) bond motifs is 6. The predicted molar refractivity (Wildman–Crippen MR) is 212 cm³/mol. The average Bonchev–Trinajstić information content (AvgIpc) is 3.78. The fourth-order valence-electron chi connectivity index (χ4n) is 8.40. The fraction of sp³-hybridized carbons (Fsp3) is 0.0625. The molecule has 0 bridgehead atoms. The van der Waals surface area contributed by atoms with Crippen LogP contribution < -0.4 is 0 Å². The van der Waals surface area contributed by atoms with Gasteiger partial charge in [-0.25, -0.2) is 0 Å². The number of benzene rings is 7. The van der Waals surface area contributed by atoms with Crippen molar-refractivity contribution in [2.45, 2.75) is 20.3 Å². The van der Waals surface area contributed by atoms with Gasteiger partial charge in [-0.05, 0) is 93.2 Å². The van der Waals surface area contributed by atoms with Crippen LogP contribution in [0.25, 0.3) is 89.0 Å². The Morgan fingerprint density at radius 1 is 0.442 bits per heavy atom. The SMILES string of the molecule is Cc1c(C)c(-c2ccccc2)c2c(c1-c1nnnc(-c3ccccc3)c1-c1c(-c3ccccc3)ccc3oc4ccccc4c13)Cc1ccccc1-2.